The van der Waals surface area contributed by atoms with Crippen LogP contribution in [0.1, 0.15) is 24.0 Å². The molecule has 192 valence electrons. The van der Waals surface area contributed by atoms with E-state index in [1.807, 2.05) is 11.8 Å². The fourth-order valence-electron chi connectivity index (χ4n) is 4.62. The Morgan fingerprint density at radius 3 is 2.53 bits per heavy atom. The molecule has 0 amide bonds. The van der Waals surface area contributed by atoms with Gasteiger partial charge in [0.15, 0.2) is 0 Å². The van der Waals surface area contributed by atoms with E-state index in [0.29, 0.717) is 50.1 Å². The molecule has 8 nitrogen and oxygen atoms in total. The van der Waals surface area contributed by atoms with Crippen molar-refractivity contribution in [1.29, 1.82) is 0 Å². The van der Waals surface area contributed by atoms with Crippen molar-refractivity contribution in [2.75, 3.05) is 44.4 Å². The van der Waals surface area contributed by atoms with E-state index in [1.165, 1.54) is 10.4 Å². The maximum Gasteiger partial charge on any atom is 0.243 e. The standard InChI is InChI=1S/C26H30FN3O5S/c1-19-8-10-21(11-9-19)36(31,32)30(17-20-5-4-14-34-20)18-23-25(22-6-2-3-7-24(22)27)28-35-26(23)29-12-15-33-16-13-29/h2-3,6-11,20H,4-5,12-18H2,1H3. The molecule has 0 saturated carbocycles. The Hall–Kier alpha value is -2.79. The van der Waals surface area contributed by atoms with Gasteiger partial charge in [0.2, 0.25) is 15.9 Å². The van der Waals surface area contributed by atoms with Gasteiger partial charge in [-0.3, -0.25) is 0 Å². The Labute approximate surface area is 210 Å². The van der Waals surface area contributed by atoms with Crippen molar-refractivity contribution in [3.8, 4) is 11.3 Å². The lowest BCUT2D eigenvalue weighted by molar-refractivity contribution is 0.0925. The molecular weight excluding hydrogens is 485 g/mol. The third-order valence-electron chi connectivity index (χ3n) is 6.62. The number of rotatable bonds is 8. The SMILES string of the molecule is Cc1ccc(S(=O)(=O)N(Cc2c(-c3ccccc3F)noc2N2CCOCC2)CC2CCCO2)cc1. The minimum absolute atomic E-state index is 0.0318. The van der Waals surface area contributed by atoms with E-state index in [4.69, 9.17) is 14.0 Å². The summed E-state index contributed by atoms with van der Waals surface area (Å²) in [5.41, 5.74) is 2.05. The van der Waals surface area contributed by atoms with Crippen molar-refractivity contribution in [2.45, 2.75) is 37.3 Å². The maximum atomic E-state index is 14.8. The summed E-state index contributed by atoms with van der Waals surface area (Å²) in [5, 5.41) is 4.22. The molecule has 10 heteroatoms. The molecular formula is C26H30FN3O5S. The highest BCUT2D eigenvalue weighted by Crippen LogP contribution is 2.35. The number of aromatic nitrogens is 1. The zero-order valence-electron chi connectivity index (χ0n) is 20.2. The van der Waals surface area contributed by atoms with E-state index in [9.17, 15) is 12.8 Å². The van der Waals surface area contributed by atoms with Crippen molar-refractivity contribution >= 4 is 15.9 Å². The topological polar surface area (TPSA) is 85.1 Å². The number of ether oxygens (including phenoxy) is 2. The van der Waals surface area contributed by atoms with Crippen LogP contribution in [-0.4, -0.2) is 63.4 Å². The summed E-state index contributed by atoms with van der Waals surface area (Å²) in [5.74, 6) is -0.0133. The first-order chi connectivity index (χ1) is 17.4. The molecule has 3 heterocycles. The van der Waals surface area contributed by atoms with Gasteiger partial charge in [0.05, 0.1) is 29.8 Å². The van der Waals surface area contributed by atoms with E-state index in [2.05, 4.69) is 5.16 Å². The molecule has 2 aliphatic rings. The molecule has 2 fully saturated rings. The van der Waals surface area contributed by atoms with E-state index >= 15 is 0 Å². The lowest BCUT2D eigenvalue weighted by Crippen LogP contribution is -2.39. The predicted octanol–water partition coefficient (Wildman–Crippen LogP) is 4.00. The first kappa shape index (κ1) is 24.9. The number of aryl methyl sites for hydroxylation is 1. The van der Waals surface area contributed by atoms with Crippen molar-refractivity contribution in [3.63, 3.8) is 0 Å². The highest BCUT2D eigenvalue weighted by Gasteiger charge is 2.34. The lowest BCUT2D eigenvalue weighted by atomic mass is 10.1. The van der Waals surface area contributed by atoms with Crippen LogP contribution in [-0.2, 0) is 26.0 Å². The molecule has 0 N–H and O–H groups in total. The Morgan fingerprint density at radius 2 is 1.83 bits per heavy atom. The quantitative estimate of drug-likeness (QED) is 0.448. The molecule has 2 aliphatic heterocycles. The molecule has 0 spiro atoms. The van der Waals surface area contributed by atoms with Crippen LogP contribution in [0.25, 0.3) is 11.3 Å². The van der Waals surface area contributed by atoms with Crippen LogP contribution in [0.15, 0.2) is 57.9 Å². The number of benzene rings is 2. The lowest BCUT2D eigenvalue weighted by Gasteiger charge is -2.29. The van der Waals surface area contributed by atoms with Crippen molar-refractivity contribution in [3.05, 3.63) is 65.5 Å². The van der Waals surface area contributed by atoms with Crippen LogP contribution in [0.3, 0.4) is 0 Å². The van der Waals surface area contributed by atoms with E-state index in [0.717, 1.165) is 18.4 Å². The van der Waals surface area contributed by atoms with Crippen LogP contribution >= 0.6 is 0 Å². The van der Waals surface area contributed by atoms with Gasteiger partial charge in [-0.2, -0.15) is 4.31 Å². The second kappa shape index (κ2) is 10.7. The number of hydrogen-bond acceptors (Lipinski definition) is 7. The van der Waals surface area contributed by atoms with Gasteiger partial charge in [-0.25, -0.2) is 12.8 Å². The van der Waals surface area contributed by atoms with Crippen LogP contribution < -0.4 is 4.90 Å². The largest absolute Gasteiger partial charge is 0.378 e. The maximum absolute atomic E-state index is 14.8. The zero-order valence-corrected chi connectivity index (χ0v) is 21.0. The van der Waals surface area contributed by atoms with Gasteiger partial charge in [0.25, 0.3) is 0 Å². The average Bonchev–Trinajstić information content (AvgIpc) is 3.55. The summed E-state index contributed by atoms with van der Waals surface area (Å²) in [6.07, 6.45) is 1.45. The summed E-state index contributed by atoms with van der Waals surface area (Å²) in [6, 6.07) is 13.1. The van der Waals surface area contributed by atoms with Gasteiger partial charge >= 0.3 is 0 Å². The van der Waals surface area contributed by atoms with Crippen molar-refractivity contribution in [2.24, 2.45) is 0 Å². The van der Waals surface area contributed by atoms with E-state index in [-0.39, 0.29) is 29.7 Å². The van der Waals surface area contributed by atoms with Gasteiger partial charge in [-0.1, -0.05) is 35.0 Å². The fraction of sp³-hybridized carbons (Fsp3) is 0.423. The third kappa shape index (κ3) is 5.17. The second-order valence-electron chi connectivity index (χ2n) is 9.14. The number of nitrogens with zero attached hydrogens (tertiary/aromatic N) is 3. The highest BCUT2D eigenvalue weighted by molar-refractivity contribution is 7.89. The number of halogens is 1. The van der Waals surface area contributed by atoms with Gasteiger partial charge in [0, 0.05) is 38.3 Å². The van der Waals surface area contributed by atoms with Gasteiger partial charge in [-0.15, -0.1) is 0 Å². The monoisotopic (exact) mass is 515 g/mol. The zero-order chi connectivity index (χ0) is 25.1. The first-order valence-corrected chi connectivity index (χ1v) is 13.6. The molecule has 2 saturated heterocycles. The Bertz CT molecular complexity index is 1280. The Morgan fingerprint density at radius 1 is 1.08 bits per heavy atom. The van der Waals surface area contributed by atoms with E-state index in [1.54, 1.807) is 42.5 Å². The minimum Gasteiger partial charge on any atom is -0.378 e. The number of morpholine rings is 1. The normalized spacial score (nSPS) is 18.8. The molecule has 2 aromatic carbocycles. The molecule has 3 aromatic rings. The fourth-order valence-corrected chi connectivity index (χ4v) is 6.06. The third-order valence-corrected chi connectivity index (χ3v) is 8.45. The number of hydrogen-bond donors (Lipinski definition) is 0. The summed E-state index contributed by atoms with van der Waals surface area (Å²) in [4.78, 5) is 2.17. The van der Waals surface area contributed by atoms with Crippen LogP contribution in [0.5, 0.6) is 0 Å². The summed E-state index contributed by atoms with van der Waals surface area (Å²) >= 11 is 0. The highest BCUT2D eigenvalue weighted by atomic mass is 32.2. The van der Waals surface area contributed by atoms with Crippen molar-refractivity contribution in [1.82, 2.24) is 9.46 Å². The number of anilines is 1. The molecule has 0 radical (unpaired) electrons. The second-order valence-corrected chi connectivity index (χ2v) is 11.1. The molecule has 0 bridgehead atoms. The average molecular weight is 516 g/mol. The molecule has 1 unspecified atom stereocenters. The Kier molecular flexibility index (Phi) is 7.38. The summed E-state index contributed by atoms with van der Waals surface area (Å²) in [6.45, 7) is 4.82. The molecule has 1 aromatic heterocycles. The predicted molar refractivity (Wildman–Crippen MR) is 133 cm³/mol. The van der Waals surface area contributed by atoms with Gasteiger partial charge in [-0.05, 0) is 44.0 Å². The molecule has 5 rings (SSSR count). The van der Waals surface area contributed by atoms with Crippen LogP contribution in [0.2, 0.25) is 0 Å². The van der Waals surface area contributed by atoms with Gasteiger partial charge in [0.1, 0.15) is 11.5 Å². The minimum atomic E-state index is -3.89. The first-order valence-electron chi connectivity index (χ1n) is 12.2. The Balaban J connectivity index is 1.58. The molecule has 0 aliphatic carbocycles. The smallest absolute Gasteiger partial charge is 0.243 e. The molecule has 36 heavy (non-hydrogen) atoms. The van der Waals surface area contributed by atoms with Crippen LogP contribution in [0.4, 0.5) is 10.3 Å². The van der Waals surface area contributed by atoms with Gasteiger partial charge < -0.3 is 18.9 Å². The summed E-state index contributed by atoms with van der Waals surface area (Å²) in [7, 11) is -3.89. The number of sulfonamides is 1. The van der Waals surface area contributed by atoms with Crippen LogP contribution in [0, 0.1) is 12.7 Å². The van der Waals surface area contributed by atoms with E-state index < -0.39 is 15.8 Å². The van der Waals surface area contributed by atoms with Crippen molar-refractivity contribution < 1.29 is 26.8 Å². The summed E-state index contributed by atoms with van der Waals surface area (Å²) < 4.78 is 61.0. The molecule has 1 atom stereocenters.